The highest BCUT2D eigenvalue weighted by Crippen LogP contribution is 2.26. The molecule has 2 rings (SSSR count). The van der Waals surface area contributed by atoms with E-state index in [0.717, 1.165) is 21.9 Å². The summed E-state index contributed by atoms with van der Waals surface area (Å²) in [6.07, 6.45) is 1.09. The van der Waals surface area contributed by atoms with Gasteiger partial charge in [0, 0.05) is 7.05 Å². The number of carbonyl (C=O) groups is 1. The average Bonchev–Trinajstić information content (AvgIpc) is 2.64. The number of ether oxygens (including phenoxy) is 1. The Morgan fingerprint density at radius 2 is 1.89 bits per heavy atom. The lowest BCUT2D eigenvalue weighted by Crippen LogP contribution is -2.29. The van der Waals surface area contributed by atoms with Crippen LogP contribution in [0.1, 0.15) is 35.7 Å². The van der Waals surface area contributed by atoms with Gasteiger partial charge in [-0.05, 0) is 35.7 Å². The summed E-state index contributed by atoms with van der Waals surface area (Å²) >= 11 is 6.11. The Balaban J connectivity index is 2.00. The van der Waals surface area contributed by atoms with E-state index in [2.05, 4.69) is 19.2 Å². The number of benzene rings is 2. The third-order valence-corrected chi connectivity index (χ3v) is 5.78. The molecule has 0 aliphatic heterocycles. The molecule has 1 N–H and O–H groups in total. The van der Waals surface area contributed by atoms with E-state index in [4.69, 9.17) is 16.3 Å². The first-order chi connectivity index (χ1) is 13.1. The lowest BCUT2D eigenvalue weighted by atomic mass is 10.0. The molecule has 6 nitrogen and oxygen atoms in total. The van der Waals surface area contributed by atoms with Gasteiger partial charge in [0.05, 0.1) is 29.1 Å². The Bertz CT molecular complexity index is 945. The summed E-state index contributed by atoms with van der Waals surface area (Å²) < 4.78 is 30.3. The Morgan fingerprint density at radius 1 is 1.21 bits per heavy atom. The van der Waals surface area contributed by atoms with Crippen molar-refractivity contribution in [3.63, 3.8) is 0 Å². The van der Waals surface area contributed by atoms with E-state index < -0.39 is 15.9 Å². The molecule has 0 heterocycles. The van der Waals surface area contributed by atoms with Crippen LogP contribution in [0.2, 0.25) is 5.02 Å². The monoisotopic (exact) mass is 424 g/mol. The summed E-state index contributed by atoms with van der Waals surface area (Å²) in [6, 6.07) is 12.3. The van der Waals surface area contributed by atoms with Crippen LogP contribution in [0, 0.1) is 0 Å². The third kappa shape index (κ3) is 5.62. The zero-order valence-corrected chi connectivity index (χ0v) is 18.0. The first-order valence-corrected chi connectivity index (χ1v) is 11.1. The van der Waals surface area contributed by atoms with Gasteiger partial charge in [0.25, 0.3) is 5.91 Å². The van der Waals surface area contributed by atoms with Crippen molar-refractivity contribution in [2.24, 2.45) is 0 Å². The van der Waals surface area contributed by atoms with Crippen LogP contribution in [-0.4, -0.2) is 40.8 Å². The molecule has 2 aromatic carbocycles. The maximum Gasteiger partial charge on any atom is 0.252 e. The molecule has 0 saturated carbocycles. The summed E-state index contributed by atoms with van der Waals surface area (Å²) in [7, 11) is -2.02. The number of amides is 1. The van der Waals surface area contributed by atoms with Gasteiger partial charge in [0.15, 0.2) is 0 Å². The topological polar surface area (TPSA) is 75.7 Å². The predicted octanol–water partition coefficient (Wildman–Crippen LogP) is 3.67. The van der Waals surface area contributed by atoms with Crippen molar-refractivity contribution in [2.45, 2.75) is 19.8 Å². The van der Waals surface area contributed by atoms with Gasteiger partial charge in [-0.25, -0.2) is 8.42 Å². The van der Waals surface area contributed by atoms with Crippen molar-refractivity contribution in [1.29, 1.82) is 0 Å². The molecule has 0 saturated heterocycles. The van der Waals surface area contributed by atoms with Crippen molar-refractivity contribution in [3.05, 3.63) is 58.6 Å². The van der Waals surface area contributed by atoms with Crippen LogP contribution in [-0.2, 0) is 10.0 Å². The van der Waals surface area contributed by atoms with Crippen molar-refractivity contribution < 1.29 is 17.9 Å². The maximum atomic E-state index is 12.5. The second-order valence-electron chi connectivity index (χ2n) is 6.69. The highest BCUT2D eigenvalue weighted by atomic mass is 35.5. The minimum absolute atomic E-state index is 0.206. The van der Waals surface area contributed by atoms with Gasteiger partial charge < -0.3 is 10.1 Å². The summed E-state index contributed by atoms with van der Waals surface area (Å²) in [5.41, 5.74) is 1.67. The number of nitrogens with one attached hydrogen (secondary N) is 1. The number of rotatable bonds is 8. The number of nitrogens with zero attached hydrogens (tertiary/aromatic N) is 1. The van der Waals surface area contributed by atoms with Gasteiger partial charge in [-0.1, -0.05) is 43.6 Å². The molecule has 0 bridgehead atoms. The smallest absolute Gasteiger partial charge is 0.252 e. The van der Waals surface area contributed by atoms with Crippen LogP contribution in [0.5, 0.6) is 5.75 Å². The maximum absolute atomic E-state index is 12.5. The standard InChI is InChI=1S/C20H25ClN2O4S/c1-14(2)16-7-5-6-8-19(16)27-12-11-22-20(24)17-13-15(9-10-18(17)21)23(3)28(4,25)26/h5-10,13-14H,11-12H2,1-4H3,(H,22,24). The fourth-order valence-electron chi connectivity index (χ4n) is 2.58. The molecule has 8 heteroatoms. The molecule has 0 fully saturated rings. The molecular weight excluding hydrogens is 400 g/mol. The molecular formula is C20H25ClN2O4S. The summed E-state index contributed by atoms with van der Waals surface area (Å²) in [6.45, 7) is 4.77. The van der Waals surface area contributed by atoms with E-state index in [1.165, 1.54) is 19.2 Å². The zero-order chi connectivity index (χ0) is 20.9. The van der Waals surface area contributed by atoms with Crippen molar-refractivity contribution in [2.75, 3.05) is 30.8 Å². The molecule has 152 valence electrons. The second kappa shape index (κ2) is 9.30. The molecule has 1 amide bonds. The van der Waals surface area contributed by atoms with E-state index in [1.807, 2.05) is 24.3 Å². The molecule has 28 heavy (non-hydrogen) atoms. The second-order valence-corrected chi connectivity index (χ2v) is 9.11. The van der Waals surface area contributed by atoms with Crippen LogP contribution >= 0.6 is 11.6 Å². The quantitative estimate of drug-likeness (QED) is 0.656. The molecule has 0 aromatic heterocycles. The number of hydrogen-bond donors (Lipinski definition) is 1. The highest BCUT2D eigenvalue weighted by molar-refractivity contribution is 7.92. The van der Waals surface area contributed by atoms with Crippen molar-refractivity contribution in [3.8, 4) is 5.75 Å². The molecule has 0 spiro atoms. The lowest BCUT2D eigenvalue weighted by Gasteiger charge is -2.18. The normalized spacial score (nSPS) is 11.4. The Labute approximate surface area is 171 Å². The van der Waals surface area contributed by atoms with Crippen molar-refractivity contribution in [1.82, 2.24) is 5.32 Å². The Hall–Kier alpha value is -2.25. The van der Waals surface area contributed by atoms with Gasteiger partial charge in [-0.2, -0.15) is 0 Å². The first-order valence-electron chi connectivity index (χ1n) is 8.84. The fraction of sp³-hybridized carbons (Fsp3) is 0.350. The Kier molecular flexibility index (Phi) is 7.32. The number of halogens is 1. The fourth-order valence-corrected chi connectivity index (χ4v) is 3.28. The number of para-hydroxylation sites is 1. The lowest BCUT2D eigenvalue weighted by molar-refractivity contribution is 0.0947. The third-order valence-electron chi connectivity index (χ3n) is 4.24. The van der Waals surface area contributed by atoms with E-state index in [9.17, 15) is 13.2 Å². The number of anilines is 1. The SMILES string of the molecule is CC(C)c1ccccc1OCCNC(=O)c1cc(N(C)S(C)(=O)=O)ccc1Cl. The van der Waals surface area contributed by atoms with Gasteiger partial charge in [-0.3, -0.25) is 9.10 Å². The molecule has 0 atom stereocenters. The Morgan fingerprint density at radius 3 is 2.54 bits per heavy atom. The van der Waals surface area contributed by atoms with Gasteiger partial charge in [-0.15, -0.1) is 0 Å². The number of hydrogen-bond acceptors (Lipinski definition) is 4. The van der Waals surface area contributed by atoms with Crippen LogP contribution in [0.25, 0.3) is 0 Å². The molecule has 0 aliphatic carbocycles. The molecule has 2 aromatic rings. The van der Waals surface area contributed by atoms with Gasteiger partial charge >= 0.3 is 0 Å². The molecule has 0 aliphatic rings. The minimum atomic E-state index is -3.44. The van der Waals surface area contributed by atoms with Crippen LogP contribution < -0.4 is 14.4 Å². The largest absolute Gasteiger partial charge is 0.491 e. The summed E-state index contributed by atoms with van der Waals surface area (Å²) in [5.74, 6) is 0.732. The average molecular weight is 425 g/mol. The van der Waals surface area contributed by atoms with E-state index >= 15 is 0 Å². The van der Waals surface area contributed by atoms with Crippen molar-refractivity contribution >= 4 is 33.2 Å². The first kappa shape index (κ1) is 22.0. The van der Waals surface area contributed by atoms with Crippen LogP contribution in [0.15, 0.2) is 42.5 Å². The minimum Gasteiger partial charge on any atom is -0.491 e. The number of sulfonamides is 1. The van der Waals surface area contributed by atoms with Gasteiger partial charge in [0.2, 0.25) is 10.0 Å². The predicted molar refractivity (Wildman–Crippen MR) is 113 cm³/mol. The zero-order valence-electron chi connectivity index (χ0n) is 16.4. The van der Waals surface area contributed by atoms with E-state index in [-0.39, 0.29) is 17.1 Å². The van der Waals surface area contributed by atoms with E-state index in [0.29, 0.717) is 18.2 Å². The number of carbonyl (C=O) groups excluding carboxylic acids is 1. The van der Waals surface area contributed by atoms with Crippen LogP contribution in [0.4, 0.5) is 5.69 Å². The molecule has 0 radical (unpaired) electrons. The highest BCUT2D eigenvalue weighted by Gasteiger charge is 2.17. The summed E-state index contributed by atoms with van der Waals surface area (Å²) in [5, 5.41) is 2.99. The molecule has 0 unspecified atom stereocenters. The van der Waals surface area contributed by atoms with E-state index in [1.54, 1.807) is 6.07 Å². The van der Waals surface area contributed by atoms with Gasteiger partial charge in [0.1, 0.15) is 12.4 Å². The van der Waals surface area contributed by atoms with Crippen LogP contribution in [0.3, 0.4) is 0 Å². The summed E-state index contributed by atoms with van der Waals surface area (Å²) in [4.78, 5) is 12.5.